The van der Waals surface area contributed by atoms with E-state index in [2.05, 4.69) is 20.8 Å². The molecule has 0 saturated carbocycles. The summed E-state index contributed by atoms with van der Waals surface area (Å²) in [6, 6.07) is 12.2. The van der Waals surface area contributed by atoms with Gasteiger partial charge in [-0.3, -0.25) is 0 Å². The maximum atomic E-state index is 12.2. The van der Waals surface area contributed by atoms with Crippen molar-refractivity contribution in [2.45, 2.75) is 57.7 Å². The molecule has 1 aromatic rings. The Labute approximate surface area is 133 Å². The molecule has 4 nitrogen and oxygen atoms in total. The van der Waals surface area contributed by atoms with Crippen LogP contribution in [-0.2, 0) is 13.9 Å². The Hall–Kier alpha value is -1.17. The number of benzene rings is 1. The highest BCUT2D eigenvalue weighted by molar-refractivity contribution is 6.73. The fourth-order valence-electron chi connectivity index (χ4n) is 2.79. The summed E-state index contributed by atoms with van der Waals surface area (Å²) in [7, 11) is -1.77. The summed E-state index contributed by atoms with van der Waals surface area (Å²) < 4.78 is 17.7. The van der Waals surface area contributed by atoms with Crippen LogP contribution in [0.1, 0.15) is 37.6 Å². The molecule has 0 aliphatic carbocycles. The van der Waals surface area contributed by atoms with Gasteiger partial charge in [-0.2, -0.15) is 0 Å². The van der Waals surface area contributed by atoms with Crippen molar-refractivity contribution in [1.29, 1.82) is 0 Å². The van der Waals surface area contributed by atoms with Crippen LogP contribution in [0.3, 0.4) is 0 Å². The molecule has 122 valence electrons. The zero-order chi connectivity index (χ0) is 16.0. The molecule has 22 heavy (non-hydrogen) atoms. The van der Waals surface area contributed by atoms with Gasteiger partial charge in [-0.15, -0.1) is 0 Å². The van der Waals surface area contributed by atoms with Crippen LogP contribution in [0.4, 0.5) is 0 Å². The predicted octanol–water partition coefficient (Wildman–Crippen LogP) is 3.98. The number of esters is 1. The minimum atomic E-state index is -1.77. The van der Waals surface area contributed by atoms with Crippen LogP contribution in [0.15, 0.2) is 30.3 Å². The topological polar surface area (TPSA) is 44.8 Å². The van der Waals surface area contributed by atoms with E-state index in [0.717, 1.165) is 18.1 Å². The van der Waals surface area contributed by atoms with E-state index in [0.29, 0.717) is 18.6 Å². The molecule has 5 heteroatoms. The third-order valence-electron chi connectivity index (χ3n) is 4.56. The first-order chi connectivity index (χ1) is 10.6. The van der Waals surface area contributed by atoms with Gasteiger partial charge in [-0.05, 0) is 30.3 Å². The zero-order valence-corrected chi connectivity index (χ0v) is 14.7. The lowest BCUT2D eigenvalue weighted by molar-refractivity contribution is -0.102. The molecular formula is C17H26O4Si. The van der Waals surface area contributed by atoms with Crippen molar-refractivity contribution in [2.24, 2.45) is 0 Å². The van der Waals surface area contributed by atoms with Gasteiger partial charge in [0.15, 0.2) is 20.7 Å². The molecule has 1 fully saturated rings. The lowest BCUT2D eigenvalue weighted by atomic mass is 10.2. The lowest BCUT2D eigenvalue weighted by Gasteiger charge is -2.33. The Kier molecular flexibility index (Phi) is 6.17. The molecule has 1 aliphatic heterocycles. The number of rotatable bonds is 7. The Bertz CT molecular complexity index is 465. The molecule has 0 N–H and O–H groups in total. The predicted molar refractivity (Wildman–Crippen MR) is 88.3 cm³/mol. The third kappa shape index (κ3) is 3.97. The van der Waals surface area contributed by atoms with Crippen molar-refractivity contribution < 1.29 is 18.7 Å². The van der Waals surface area contributed by atoms with Crippen molar-refractivity contribution in [3.05, 3.63) is 35.9 Å². The summed E-state index contributed by atoms with van der Waals surface area (Å²) in [6.07, 6.45) is -0.00591. The van der Waals surface area contributed by atoms with Gasteiger partial charge in [-0.25, -0.2) is 4.79 Å². The SMILES string of the molecule is CC[Si](CC)(CC)O[C@@H]1OCC[C@@H]1OC(=O)c1ccccc1. The monoisotopic (exact) mass is 322 g/mol. The molecule has 0 spiro atoms. The highest BCUT2D eigenvalue weighted by Crippen LogP contribution is 2.29. The molecule has 1 aromatic carbocycles. The van der Waals surface area contributed by atoms with E-state index in [1.54, 1.807) is 12.1 Å². The molecular weight excluding hydrogens is 296 g/mol. The third-order valence-corrected chi connectivity index (χ3v) is 9.15. The van der Waals surface area contributed by atoms with Gasteiger partial charge in [-0.1, -0.05) is 39.0 Å². The first-order valence-electron chi connectivity index (χ1n) is 8.19. The van der Waals surface area contributed by atoms with Crippen LogP contribution in [-0.4, -0.2) is 33.3 Å². The van der Waals surface area contributed by atoms with Crippen LogP contribution in [0.5, 0.6) is 0 Å². The standard InChI is InChI=1S/C17H26O4Si/c1-4-22(5-2,6-3)21-17-15(12-13-19-17)20-16(18)14-10-8-7-9-11-14/h7-11,15,17H,4-6,12-13H2,1-3H3/t15-,17-/m0/s1. The second kappa shape index (κ2) is 7.90. The lowest BCUT2D eigenvalue weighted by Crippen LogP contribution is -2.44. The summed E-state index contributed by atoms with van der Waals surface area (Å²) in [5.74, 6) is -0.304. The van der Waals surface area contributed by atoms with Crippen molar-refractivity contribution in [1.82, 2.24) is 0 Å². The smallest absolute Gasteiger partial charge is 0.338 e. The quantitative estimate of drug-likeness (QED) is 0.562. The van der Waals surface area contributed by atoms with Crippen LogP contribution in [0, 0.1) is 0 Å². The van der Waals surface area contributed by atoms with Gasteiger partial charge in [0.05, 0.1) is 12.2 Å². The fourth-order valence-corrected chi connectivity index (χ4v) is 5.51. The summed E-state index contributed by atoms with van der Waals surface area (Å²) in [5, 5.41) is 0. The first kappa shape index (κ1) is 17.2. The average molecular weight is 322 g/mol. The second-order valence-electron chi connectivity index (χ2n) is 5.70. The number of hydrogen-bond acceptors (Lipinski definition) is 4. The number of hydrogen-bond donors (Lipinski definition) is 0. The summed E-state index contributed by atoms with van der Waals surface area (Å²) in [6.45, 7) is 7.12. The van der Waals surface area contributed by atoms with Crippen molar-refractivity contribution in [2.75, 3.05) is 6.61 Å². The Morgan fingerprint density at radius 3 is 2.41 bits per heavy atom. The molecule has 0 unspecified atom stereocenters. The van der Waals surface area contributed by atoms with Crippen molar-refractivity contribution in [3.63, 3.8) is 0 Å². The van der Waals surface area contributed by atoms with E-state index in [4.69, 9.17) is 13.9 Å². The number of ether oxygens (including phenoxy) is 2. The van der Waals surface area contributed by atoms with Crippen LogP contribution < -0.4 is 0 Å². The maximum Gasteiger partial charge on any atom is 0.338 e. The van der Waals surface area contributed by atoms with Crippen molar-refractivity contribution in [3.8, 4) is 0 Å². The van der Waals surface area contributed by atoms with E-state index in [1.165, 1.54) is 0 Å². The van der Waals surface area contributed by atoms with Crippen LogP contribution >= 0.6 is 0 Å². The van der Waals surface area contributed by atoms with E-state index in [-0.39, 0.29) is 12.1 Å². The van der Waals surface area contributed by atoms with Gasteiger partial charge in [0.1, 0.15) is 0 Å². The van der Waals surface area contributed by atoms with Gasteiger partial charge >= 0.3 is 5.97 Å². The molecule has 0 aromatic heterocycles. The second-order valence-corrected chi connectivity index (χ2v) is 10.4. The summed E-state index contributed by atoms with van der Waals surface area (Å²) in [5.41, 5.74) is 0.568. The molecule has 2 rings (SSSR count). The molecule has 1 heterocycles. The maximum absolute atomic E-state index is 12.2. The van der Waals surface area contributed by atoms with Gasteiger partial charge < -0.3 is 13.9 Å². The number of carbonyl (C=O) groups excluding carboxylic acids is 1. The van der Waals surface area contributed by atoms with Gasteiger partial charge in [0.25, 0.3) is 0 Å². The Balaban J connectivity index is 2.00. The normalized spacial score (nSPS) is 21.8. The van der Waals surface area contributed by atoms with E-state index < -0.39 is 14.6 Å². The van der Waals surface area contributed by atoms with Gasteiger partial charge in [0, 0.05) is 6.42 Å². The molecule has 0 amide bonds. The molecule has 2 atom stereocenters. The largest absolute Gasteiger partial charge is 0.453 e. The first-order valence-corrected chi connectivity index (χ1v) is 10.7. The molecule has 0 bridgehead atoms. The Morgan fingerprint density at radius 2 is 1.82 bits per heavy atom. The Morgan fingerprint density at radius 1 is 1.18 bits per heavy atom. The minimum absolute atomic E-state index is 0.302. The summed E-state index contributed by atoms with van der Waals surface area (Å²) >= 11 is 0. The number of carbonyl (C=O) groups is 1. The minimum Gasteiger partial charge on any atom is -0.453 e. The fraction of sp³-hybridized carbons (Fsp3) is 0.588. The average Bonchev–Trinajstić information content (AvgIpc) is 3.00. The summed E-state index contributed by atoms with van der Waals surface area (Å²) in [4.78, 5) is 12.2. The highest BCUT2D eigenvalue weighted by Gasteiger charge is 2.40. The zero-order valence-electron chi connectivity index (χ0n) is 13.7. The van der Waals surface area contributed by atoms with E-state index in [1.807, 2.05) is 18.2 Å². The van der Waals surface area contributed by atoms with E-state index in [9.17, 15) is 4.79 Å². The van der Waals surface area contributed by atoms with Crippen LogP contribution in [0.2, 0.25) is 18.1 Å². The van der Waals surface area contributed by atoms with Crippen LogP contribution in [0.25, 0.3) is 0 Å². The van der Waals surface area contributed by atoms with Crippen molar-refractivity contribution >= 4 is 14.3 Å². The molecule has 0 radical (unpaired) electrons. The molecule has 1 saturated heterocycles. The highest BCUT2D eigenvalue weighted by atomic mass is 28.4. The van der Waals surface area contributed by atoms with E-state index >= 15 is 0 Å². The van der Waals surface area contributed by atoms with Gasteiger partial charge in [0.2, 0.25) is 0 Å². The molecule has 1 aliphatic rings.